The monoisotopic (exact) mass is 528 g/mol. The molecule has 1 saturated heterocycles. The fraction of sp³-hybridized carbons (Fsp3) is 0.452. The van der Waals surface area contributed by atoms with E-state index in [1.54, 1.807) is 23.7 Å². The maximum atomic E-state index is 12.3. The first kappa shape index (κ1) is 25.6. The number of aryl methyl sites for hydroxylation is 1. The Morgan fingerprint density at radius 2 is 1.90 bits per heavy atom. The molecule has 204 valence electrons. The molecule has 8 nitrogen and oxygen atoms in total. The number of likely N-dealkylation sites (tertiary alicyclic amines) is 1. The summed E-state index contributed by atoms with van der Waals surface area (Å²) in [6.07, 6.45) is 6.30. The average Bonchev–Trinajstić information content (AvgIpc) is 3.62. The van der Waals surface area contributed by atoms with Gasteiger partial charge in [-0.05, 0) is 75.1 Å². The molecule has 6 rings (SSSR count). The van der Waals surface area contributed by atoms with Gasteiger partial charge < -0.3 is 19.3 Å². The molecule has 4 heterocycles. The third kappa shape index (κ3) is 4.82. The molecule has 0 bridgehead atoms. The van der Waals surface area contributed by atoms with Gasteiger partial charge in [-0.15, -0.1) is 0 Å². The largest absolute Gasteiger partial charge is 0.462 e. The minimum atomic E-state index is -0.342. The number of nitrogens with zero attached hydrogens (tertiary/aromatic N) is 4. The van der Waals surface area contributed by atoms with Crippen LogP contribution in [0.5, 0.6) is 0 Å². The van der Waals surface area contributed by atoms with Gasteiger partial charge in [-0.3, -0.25) is 4.79 Å². The van der Waals surface area contributed by atoms with Gasteiger partial charge in [0.05, 0.1) is 35.5 Å². The molecule has 8 heteroatoms. The van der Waals surface area contributed by atoms with E-state index >= 15 is 0 Å². The number of rotatable bonds is 8. The Morgan fingerprint density at radius 1 is 1.10 bits per heavy atom. The highest BCUT2D eigenvalue weighted by molar-refractivity contribution is 5.92. The van der Waals surface area contributed by atoms with Crippen molar-refractivity contribution in [3.05, 3.63) is 59.3 Å². The minimum Gasteiger partial charge on any atom is -0.462 e. The molecule has 2 aliphatic rings. The van der Waals surface area contributed by atoms with Crippen LogP contribution in [0.15, 0.2) is 42.6 Å². The van der Waals surface area contributed by atoms with Crippen molar-refractivity contribution in [1.29, 1.82) is 0 Å². The van der Waals surface area contributed by atoms with Gasteiger partial charge in [0.25, 0.3) is 0 Å². The zero-order valence-corrected chi connectivity index (χ0v) is 22.7. The molecule has 0 unspecified atom stereocenters. The van der Waals surface area contributed by atoms with E-state index in [2.05, 4.69) is 35.8 Å². The number of carbonyl (C=O) groups is 2. The van der Waals surface area contributed by atoms with Crippen molar-refractivity contribution >= 4 is 28.3 Å². The molecule has 39 heavy (non-hydrogen) atoms. The number of hydrogen-bond donors (Lipinski definition) is 1. The molecule has 1 saturated carbocycles. The van der Waals surface area contributed by atoms with Crippen LogP contribution in [-0.4, -0.2) is 62.4 Å². The Morgan fingerprint density at radius 3 is 2.62 bits per heavy atom. The second-order valence-electron chi connectivity index (χ2n) is 10.9. The van der Waals surface area contributed by atoms with Crippen LogP contribution in [0.3, 0.4) is 0 Å². The highest BCUT2D eigenvalue weighted by Gasteiger charge is 2.29. The Hall–Kier alpha value is -3.65. The van der Waals surface area contributed by atoms with Crippen LogP contribution in [-0.2, 0) is 16.1 Å². The Kier molecular flexibility index (Phi) is 6.89. The number of esters is 1. The fourth-order valence-corrected chi connectivity index (χ4v) is 6.07. The lowest BCUT2D eigenvalue weighted by Crippen LogP contribution is -2.38. The summed E-state index contributed by atoms with van der Waals surface area (Å²) < 4.78 is 9.47. The molecular formula is C31H36N4O4. The van der Waals surface area contributed by atoms with Gasteiger partial charge in [0, 0.05) is 43.2 Å². The molecule has 0 radical (unpaired) electrons. The van der Waals surface area contributed by atoms with Gasteiger partial charge in [0.1, 0.15) is 5.69 Å². The highest BCUT2D eigenvalue weighted by Crippen LogP contribution is 2.41. The normalized spacial score (nSPS) is 16.3. The lowest BCUT2D eigenvalue weighted by Gasteiger charge is -2.32. The van der Waals surface area contributed by atoms with Gasteiger partial charge in [-0.25, -0.2) is 9.31 Å². The van der Waals surface area contributed by atoms with Crippen LogP contribution in [0.1, 0.15) is 66.4 Å². The quantitative estimate of drug-likeness (QED) is 0.327. The van der Waals surface area contributed by atoms with Gasteiger partial charge in [-0.2, -0.15) is 5.10 Å². The summed E-state index contributed by atoms with van der Waals surface area (Å²) >= 11 is 0. The van der Waals surface area contributed by atoms with Crippen LogP contribution in [0.4, 0.5) is 0 Å². The zero-order chi connectivity index (χ0) is 27.1. The number of benzene rings is 1. The summed E-state index contributed by atoms with van der Waals surface area (Å²) in [4.78, 5) is 26.5. The fourth-order valence-electron chi connectivity index (χ4n) is 6.07. The number of ether oxygens (including phenoxy) is 1. The molecule has 4 aromatic rings. The van der Waals surface area contributed by atoms with Gasteiger partial charge in [0.15, 0.2) is 0 Å². The highest BCUT2D eigenvalue weighted by atomic mass is 16.5. The first-order chi connectivity index (χ1) is 19.0. The maximum absolute atomic E-state index is 12.3. The van der Waals surface area contributed by atoms with Crippen molar-refractivity contribution in [2.75, 3.05) is 26.3 Å². The zero-order valence-electron chi connectivity index (χ0n) is 22.7. The van der Waals surface area contributed by atoms with E-state index in [-0.39, 0.29) is 24.9 Å². The van der Waals surface area contributed by atoms with Crippen LogP contribution in [0.25, 0.3) is 27.8 Å². The number of piperidine rings is 1. The Labute approximate surface area is 228 Å². The molecule has 1 aromatic carbocycles. The molecule has 3 aromatic heterocycles. The van der Waals surface area contributed by atoms with Crippen molar-refractivity contribution in [2.45, 2.75) is 58.4 Å². The Balaban J connectivity index is 1.40. The van der Waals surface area contributed by atoms with Crippen LogP contribution in [0, 0.1) is 12.8 Å². The van der Waals surface area contributed by atoms with Crippen molar-refractivity contribution in [3.8, 4) is 11.4 Å². The van der Waals surface area contributed by atoms with Crippen molar-refractivity contribution in [3.63, 3.8) is 0 Å². The van der Waals surface area contributed by atoms with Crippen molar-refractivity contribution < 1.29 is 19.4 Å². The summed E-state index contributed by atoms with van der Waals surface area (Å²) in [5.41, 5.74) is 7.22. The summed E-state index contributed by atoms with van der Waals surface area (Å²) in [6.45, 7) is 6.56. The molecule has 1 aliphatic heterocycles. The minimum absolute atomic E-state index is 0.0435. The number of aliphatic hydroxyl groups is 1. The second kappa shape index (κ2) is 10.5. The topological polar surface area (TPSA) is 89.1 Å². The Bertz CT molecular complexity index is 1540. The van der Waals surface area contributed by atoms with E-state index in [9.17, 15) is 9.59 Å². The van der Waals surface area contributed by atoms with Crippen molar-refractivity contribution in [1.82, 2.24) is 19.1 Å². The van der Waals surface area contributed by atoms with E-state index < -0.39 is 0 Å². The summed E-state index contributed by atoms with van der Waals surface area (Å²) in [7, 11) is 0. The van der Waals surface area contributed by atoms with E-state index in [0.29, 0.717) is 24.0 Å². The maximum Gasteiger partial charge on any atom is 0.339 e. The molecular weight excluding hydrogens is 492 g/mol. The smallest absolute Gasteiger partial charge is 0.339 e. The third-order valence-corrected chi connectivity index (χ3v) is 8.33. The van der Waals surface area contributed by atoms with Crippen LogP contribution < -0.4 is 0 Å². The molecule has 1 aliphatic carbocycles. The number of fused-ring (bicyclic) bond motifs is 2. The number of amides is 1. The van der Waals surface area contributed by atoms with E-state index in [1.165, 1.54) is 29.3 Å². The first-order valence-electron chi connectivity index (χ1n) is 14.2. The van der Waals surface area contributed by atoms with Gasteiger partial charge >= 0.3 is 5.97 Å². The number of aliphatic hydroxyl groups excluding tert-OH is 1. The average molecular weight is 529 g/mol. The molecule has 1 N–H and O–H groups in total. The van der Waals surface area contributed by atoms with E-state index in [1.807, 2.05) is 11.0 Å². The number of pyridine rings is 1. The second-order valence-corrected chi connectivity index (χ2v) is 10.9. The molecule has 1 amide bonds. The molecule has 0 atom stereocenters. The van der Waals surface area contributed by atoms with Crippen LogP contribution >= 0.6 is 0 Å². The summed E-state index contributed by atoms with van der Waals surface area (Å²) in [6, 6.07) is 12.6. The van der Waals surface area contributed by atoms with Gasteiger partial charge in [0.2, 0.25) is 5.91 Å². The lowest BCUT2D eigenvalue weighted by atomic mass is 9.88. The van der Waals surface area contributed by atoms with Crippen LogP contribution in [0.2, 0.25) is 0 Å². The number of para-hydroxylation sites is 1. The standard InChI is InChI=1S/C31H36N4O4/c1-3-39-31(38)24-9-10-26-20(2)29(32-35(26)19-24)27-17-23-5-4-6-25(30(23)34(27)18-21-7-8-21)22-11-14-33(15-12-22)28(37)13-16-36/h4-6,9-10,17,19,21-22,36H,3,7-8,11-16,18H2,1-2H3. The number of carbonyl (C=O) groups excluding carboxylic acids is 2. The number of aromatic nitrogens is 3. The third-order valence-electron chi connectivity index (χ3n) is 8.33. The lowest BCUT2D eigenvalue weighted by molar-refractivity contribution is -0.132. The summed E-state index contributed by atoms with van der Waals surface area (Å²) in [5.74, 6) is 0.757. The van der Waals surface area contributed by atoms with E-state index in [0.717, 1.165) is 54.9 Å². The predicted molar refractivity (Wildman–Crippen MR) is 150 cm³/mol. The summed E-state index contributed by atoms with van der Waals surface area (Å²) in [5, 5.41) is 15.4. The number of hydrogen-bond acceptors (Lipinski definition) is 5. The molecule has 2 fully saturated rings. The molecule has 0 spiro atoms. The SMILES string of the molecule is CCOC(=O)c1ccc2c(C)c(-c3cc4cccc(C5CCN(C(=O)CCO)CC5)c4n3CC3CC3)nn2c1. The van der Waals surface area contributed by atoms with E-state index in [4.69, 9.17) is 14.9 Å². The van der Waals surface area contributed by atoms with Gasteiger partial charge in [-0.1, -0.05) is 18.2 Å². The first-order valence-corrected chi connectivity index (χ1v) is 14.2. The predicted octanol–water partition coefficient (Wildman–Crippen LogP) is 4.94. The van der Waals surface area contributed by atoms with Crippen molar-refractivity contribution in [2.24, 2.45) is 5.92 Å².